The van der Waals surface area contributed by atoms with Gasteiger partial charge in [0, 0.05) is 19.5 Å². The zero-order valence-electron chi connectivity index (χ0n) is 10.5. The Morgan fingerprint density at radius 2 is 1.94 bits per heavy atom. The topological polar surface area (TPSA) is 90.4 Å². The summed E-state index contributed by atoms with van der Waals surface area (Å²) in [7, 11) is 2.67. The van der Waals surface area contributed by atoms with Gasteiger partial charge in [-0.3, -0.25) is 4.79 Å². The van der Waals surface area contributed by atoms with Crippen molar-refractivity contribution >= 4 is 11.9 Å². The molecule has 1 rings (SSSR count). The molecular formula is C11H15N3O4. The van der Waals surface area contributed by atoms with Crippen LogP contribution in [0.4, 0.5) is 0 Å². The smallest absolute Gasteiger partial charge is 0.333 e. The van der Waals surface area contributed by atoms with E-state index in [2.05, 4.69) is 20.0 Å². The van der Waals surface area contributed by atoms with Gasteiger partial charge in [0.1, 0.15) is 6.33 Å². The van der Waals surface area contributed by atoms with Gasteiger partial charge in [0.2, 0.25) is 0 Å². The molecule has 0 spiro atoms. The molecule has 98 valence electrons. The van der Waals surface area contributed by atoms with Crippen molar-refractivity contribution in [2.24, 2.45) is 0 Å². The van der Waals surface area contributed by atoms with Crippen molar-refractivity contribution in [3.8, 4) is 0 Å². The van der Waals surface area contributed by atoms with Crippen LogP contribution in [0.25, 0.3) is 0 Å². The zero-order valence-corrected chi connectivity index (χ0v) is 10.5. The number of rotatable bonds is 5. The first kappa shape index (κ1) is 14.0. The predicted molar refractivity (Wildman–Crippen MR) is 61.8 cm³/mol. The molecule has 0 aromatic carbocycles. The molecule has 18 heavy (non-hydrogen) atoms. The van der Waals surface area contributed by atoms with Gasteiger partial charge in [-0.2, -0.15) is 0 Å². The van der Waals surface area contributed by atoms with E-state index in [1.807, 2.05) is 0 Å². The van der Waals surface area contributed by atoms with Crippen molar-refractivity contribution in [1.82, 2.24) is 15.3 Å². The van der Waals surface area contributed by atoms with Crippen molar-refractivity contribution < 1.29 is 19.1 Å². The Labute approximate surface area is 105 Å². The molecule has 0 bridgehead atoms. The number of hydrogen-bond acceptors (Lipinski definition) is 6. The monoisotopic (exact) mass is 253 g/mol. The SMILES string of the molecule is COC[C@](C)(NC(=O)c1cncnc1)C(=O)OC. The van der Waals surface area contributed by atoms with Crippen LogP contribution >= 0.6 is 0 Å². The van der Waals surface area contributed by atoms with E-state index in [0.29, 0.717) is 0 Å². The van der Waals surface area contributed by atoms with Crippen molar-refractivity contribution in [2.45, 2.75) is 12.5 Å². The van der Waals surface area contributed by atoms with Gasteiger partial charge in [-0.15, -0.1) is 0 Å². The number of nitrogens with one attached hydrogen (secondary N) is 1. The molecule has 0 aliphatic carbocycles. The van der Waals surface area contributed by atoms with Crippen molar-refractivity contribution in [3.05, 3.63) is 24.3 Å². The Morgan fingerprint density at radius 1 is 1.33 bits per heavy atom. The minimum atomic E-state index is -1.25. The highest BCUT2D eigenvalue weighted by Gasteiger charge is 2.36. The summed E-state index contributed by atoms with van der Waals surface area (Å²) in [6, 6.07) is 0. The van der Waals surface area contributed by atoms with Crippen molar-refractivity contribution in [3.63, 3.8) is 0 Å². The van der Waals surface area contributed by atoms with Crippen LogP contribution in [0.1, 0.15) is 17.3 Å². The van der Waals surface area contributed by atoms with Gasteiger partial charge in [0.25, 0.3) is 5.91 Å². The van der Waals surface area contributed by atoms with E-state index in [-0.39, 0.29) is 12.2 Å². The fraction of sp³-hybridized carbons (Fsp3) is 0.455. The lowest BCUT2D eigenvalue weighted by Gasteiger charge is -2.26. The van der Waals surface area contributed by atoms with Gasteiger partial charge < -0.3 is 14.8 Å². The number of carbonyl (C=O) groups is 2. The van der Waals surface area contributed by atoms with E-state index in [0.717, 1.165) is 0 Å². The average molecular weight is 253 g/mol. The molecule has 1 aromatic heterocycles. The lowest BCUT2D eigenvalue weighted by molar-refractivity contribution is -0.149. The molecule has 0 aliphatic rings. The van der Waals surface area contributed by atoms with Crippen LogP contribution in [-0.4, -0.2) is 48.2 Å². The third-order valence-corrected chi connectivity index (χ3v) is 2.28. The molecule has 0 radical (unpaired) electrons. The molecule has 7 heteroatoms. The maximum atomic E-state index is 11.9. The lowest BCUT2D eigenvalue weighted by Crippen LogP contribution is -2.55. The Balaban J connectivity index is 2.85. The van der Waals surface area contributed by atoms with E-state index >= 15 is 0 Å². The van der Waals surface area contributed by atoms with Crippen LogP contribution < -0.4 is 5.32 Å². The number of methoxy groups -OCH3 is 2. The van der Waals surface area contributed by atoms with Crippen molar-refractivity contribution in [1.29, 1.82) is 0 Å². The molecule has 0 fully saturated rings. The fourth-order valence-electron chi connectivity index (χ4n) is 1.40. The highest BCUT2D eigenvalue weighted by atomic mass is 16.5. The number of carbonyl (C=O) groups excluding carboxylic acids is 2. The van der Waals surface area contributed by atoms with Crippen LogP contribution in [0.5, 0.6) is 0 Å². The molecule has 0 unspecified atom stereocenters. The first-order chi connectivity index (χ1) is 8.53. The Hall–Kier alpha value is -2.02. The highest BCUT2D eigenvalue weighted by molar-refractivity contribution is 5.97. The van der Waals surface area contributed by atoms with Gasteiger partial charge in [0.05, 0.1) is 19.3 Å². The van der Waals surface area contributed by atoms with Crippen LogP contribution in [0.15, 0.2) is 18.7 Å². The Bertz CT molecular complexity index is 424. The molecule has 0 saturated carbocycles. The third-order valence-electron chi connectivity index (χ3n) is 2.28. The Kier molecular flexibility index (Phi) is 4.73. The summed E-state index contributed by atoms with van der Waals surface area (Å²) >= 11 is 0. The molecule has 1 aromatic rings. The summed E-state index contributed by atoms with van der Waals surface area (Å²) in [5, 5.41) is 2.54. The predicted octanol–water partition coefficient (Wildman–Crippen LogP) is -0.216. The van der Waals surface area contributed by atoms with E-state index in [1.165, 1.54) is 39.9 Å². The number of ether oxygens (including phenoxy) is 2. The second kappa shape index (κ2) is 6.06. The molecule has 1 amide bonds. The summed E-state index contributed by atoms with van der Waals surface area (Å²) in [5.41, 5.74) is -1.00. The highest BCUT2D eigenvalue weighted by Crippen LogP contribution is 2.08. The summed E-state index contributed by atoms with van der Waals surface area (Å²) in [6.45, 7) is 1.52. The zero-order chi connectivity index (χ0) is 13.6. The Morgan fingerprint density at radius 3 is 2.44 bits per heavy atom. The quantitative estimate of drug-likeness (QED) is 0.730. The number of nitrogens with zero attached hydrogens (tertiary/aromatic N) is 2. The van der Waals surface area contributed by atoms with Gasteiger partial charge in [0.15, 0.2) is 5.54 Å². The molecule has 1 heterocycles. The first-order valence-corrected chi connectivity index (χ1v) is 5.18. The lowest BCUT2D eigenvalue weighted by atomic mass is 10.0. The third kappa shape index (κ3) is 3.24. The fourth-order valence-corrected chi connectivity index (χ4v) is 1.40. The minimum absolute atomic E-state index is 0.000889. The second-order valence-electron chi connectivity index (χ2n) is 3.84. The molecule has 1 atom stereocenters. The molecule has 0 aliphatic heterocycles. The molecule has 1 N–H and O–H groups in total. The standard InChI is InChI=1S/C11H15N3O4/c1-11(6-17-2,10(16)18-3)14-9(15)8-4-12-7-13-5-8/h4-5,7H,6H2,1-3H3,(H,14,15)/t11-/m0/s1. The van der Waals surface area contributed by atoms with Crippen LogP contribution in [0.2, 0.25) is 0 Å². The van der Waals surface area contributed by atoms with E-state index in [9.17, 15) is 9.59 Å². The average Bonchev–Trinajstić information content (AvgIpc) is 2.39. The maximum Gasteiger partial charge on any atom is 0.333 e. The van der Waals surface area contributed by atoms with Crippen LogP contribution in [0.3, 0.4) is 0 Å². The largest absolute Gasteiger partial charge is 0.467 e. The number of esters is 1. The van der Waals surface area contributed by atoms with E-state index in [1.54, 1.807) is 0 Å². The van der Waals surface area contributed by atoms with Gasteiger partial charge in [-0.25, -0.2) is 14.8 Å². The molecule has 7 nitrogen and oxygen atoms in total. The first-order valence-electron chi connectivity index (χ1n) is 5.18. The summed E-state index contributed by atoms with van der Waals surface area (Å²) < 4.78 is 9.56. The van der Waals surface area contributed by atoms with Gasteiger partial charge >= 0.3 is 5.97 Å². The maximum absolute atomic E-state index is 11.9. The molecule has 0 saturated heterocycles. The summed E-state index contributed by atoms with van der Waals surface area (Å²) in [4.78, 5) is 31.0. The second-order valence-corrected chi connectivity index (χ2v) is 3.84. The minimum Gasteiger partial charge on any atom is -0.467 e. The number of hydrogen-bond donors (Lipinski definition) is 1. The number of aromatic nitrogens is 2. The van der Waals surface area contributed by atoms with E-state index in [4.69, 9.17) is 4.74 Å². The van der Waals surface area contributed by atoms with Crippen LogP contribution in [0, 0.1) is 0 Å². The normalized spacial score (nSPS) is 13.5. The van der Waals surface area contributed by atoms with E-state index < -0.39 is 17.4 Å². The van der Waals surface area contributed by atoms with Crippen molar-refractivity contribution in [2.75, 3.05) is 20.8 Å². The number of amides is 1. The van der Waals surface area contributed by atoms with Gasteiger partial charge in [-0.1, -0.05) is 0 Å². The van der Waals surface area contributed by atoms with Crippen LogP contribution in [-0.2, 0) is 14.3 Å². The summed E-state index contributed by atoms with van der Waals surface area (Å²) in [5.74, 6) is -1.06. The van der Waals surface area contributed by atoms with Gasteiger partial charge in [-0.05, 0) is 6.92 Å². The summed E-state index contributed by atoms with van der Waals surface area (Å²) in [6.07, 6.45) is 4.02. The molecular weight excluding hydrogens is 238 g/mol.